The van der Waals surface area contributed by atoms with Crippen molar-refractivity contribution in [3.05, 3.63) is 35.4 Å². The molecule has 2 nitrogen and oxygen atoms in total. The van der Waals surface area contributed by atoms with Gasteiger partial charge in [0.2, 0.25) is 0 Å². The standard InChI is InChI=1S/C10H11NO/c1-8-2-4-9(5-3-8)10(12)6-7-11/h2-5,10,12H,6H2,1H3/t10-/m0/s1. The van der Waals surface area contributed by atoms with Gasteiger partial charge >= 0.3 is 0 Å². The summed E-state index contributed by atoms with van der Waals surface area (Å²) in [5.41, 5.74) is 1.96. The lowest BCUT2D eigenvalue weighted by atomic mass is 10.1. The van der Waals surface area contributed by atoms with Gasteiger partial charge < -0.3 is 5.11 Å². The minimum Gasteiger partial charge on any atom is -0.387 e. The molecule has 12 heavy (non-hydrogen) atoms. The lowest BCUT2D eigenvalue weighted by Crippen LogP contribution is -1.95. The second-order valence-corrected chi connectivity index (χ2v) is 2.79. The van der Waals surface area contributed by atoms with Crippen LogP contribution in [0.3, 0.4) is 0 Å². The van der Waals surface area contributed by atoms with Crippen LogP contribution in [0.4, 0.5) is 0 Å². The monoisotopic (exact) mass is 161 g/mol. The fraction of sp³-hybridized carbons (Fsp3) is 0.300. The molecule has 0 radical (unpaired) electrons. The van der Waals surface area contributed by atoms with Crippen LogP contribution in [0, 0.1) is 18.3 Å². The average molecular weight is 161 g/mol. The molecule has 1 atom stereocenters. The topological polar surface area (TPSA) is 44.0 Å². The van der Waals surface area contributed by atoms with E-state index >= 15 is 0 Å². The Hall–Kier alpha value is -1.33. The molecule has 1 aromatic rings. The van der Waals surface area contributed by atoms with Crippen LogP contribution in [0.25, 0.3) is 0 Å². The van der Waals surface area contributed by atoms with Gasteiger partial charge in [0, 0.05) is 0 Å². The van der Waals surface area contributed by atoms with Gasteiger partial charge in [0.05, 0.1) is 18.6 Å². The van der Waals surface area contributed by atoms with Crippen molar-refractivity contribution in [1.82, 2.24) is 0 Å². The van der Waals surface area contributed by atoms with Crippen LogP contribution < -0.4 is 0 Å². The van der Waals surface area contributed by atoms with Crippen molar-refractivity contribution < 1.29 is 5.11 Å². The number of rotatable bonds is 2. The van der Waals surface area contributed by atoms with Crippen LogP contribution >= 0.6 is 0 Å². The van der Waals surface area contributed by atoms with Crippen LogP contribution in [0.2, 0.25) is 0 Å². The molecule has 0 heterocycles. The Morgan fingerprint density at radius 3 is 2.50 bits per heavy atom. The van der Waals surface area contributed by atoms with Gasteiger partial charge in [-0.1, -0.05) is 29.8 Å². The zero-order chi connectivity index (χ0) is 8.97. The molecule has 0 aromatic heterocycles. The highest BCUT2D eigenvalue weighted by atomic mass is 16.3. The van der Waals surface area contributed by atoms with E-state index in [-0.39, 0.29) is 6.42 Å². The number of nitriles is 1. The molecule has 0 amide bonds. The van der Waals surface area contributed by atoms with Gasteiger partial charge in [-0.3, -0.25) is 0 Å². The average Bonchev–Trinajstić information content (AvgIpc) is 2.06. The first-order valence-electron chi connectivity index (χ1n) is 3.85. The molecule has 0 fully saturated rings. The molecule has 0 saturated heterocycles. The predicted octanol–water partition coefficient (Wildman–Crippen LogP) is 1.94. The fourth-order valence-corrected chi connectivity index (χ4v) is 0.993. The fourth-order valence-electron chi connectivity index (χ4n) is 0.993. The van der Waals surface area contributed by atoms with E-state index in [9.17, 15) is 5.11 Å². The third-order valence-electron chi connectivity index (χ3n) is 1.75. The summed E-state index contributed by atoms with van der Waals surface area (Å²) in [7, 11) is 0. The Morgan fingerprint density at radius 2 is 2.00 bits per heavy atom. The van der Waals surface area contributed by atoms with Gasteiger partial charge in [0.25, 0.3) is 0 Å². The van der Waals surface area contributed by atoms with Crippen molar-refractivity contribution in [3.63, 3.8) is 0 Å². The Kier molecular flexibility index (Phi) is 2.84. The molecule has 1 N–H and O–H groups in total. The largest absolute Gasteiger partial charge is 0.387 e. The van der Waals surface area contributed by atoms with Crippen molar-refractivity contribution in [1.29, 1.82) is 5.26 Å². The van der Waals surface area contributed by atoms with E-state index in [1.807, 2.05) is 37.3 Å². The van der Waals surface area contributed by atoms with E-state index in [1.165, 1.54) is 0 Å². The van der Waals surface area contributed by atoms with Crippen molar-refractivity contribution in [2.75, 3.05) is 0 Å². The first-order chi connectivity index (χ1) is 5.74. The normalized spacial score (nSPS) is 12.1. The molecular weight excluding hydrogens is 150 g/mol. The minimum absolute atomic E-state index is 0.156. The molecule has 0 saturated carbocycles. The van der Waals surface area contributed by atoms with Crippen molar-refractivity contribution in [2.24, 2.45) is 0 Å². The third-order valence-corrected chi connectivity index (χ3v) is 1.75. The van der Waals surface area contributed by atoms with E-state index in [1.54, 1.807) is 0 Å². The Balaban J connectivity index is 2.76. The molecule has 0 aliphatic rings. The van der Waals surface area contributed by atoms with Crippen LogP contribution in [0.5, 0.6) is 0 Å². The minimum atomic E-state index is -0.643. The molecular formula is C10H11NO. The molecule has 2 heteroatoms. The summed E-state index contributed by atoms with van der Waals surface area (Å²) in [5.74, 6) is 0. The summed E-state index contributed by atoms with van der Waals surface area (Å²) in [4.78, 5) is 0. The molecule has 1 aromatic carbocycles. The number of aliphatic hydroxyl groups is 1. The Bertz CT molecular complexity index is 284. The van der Waals surface area contributed by atoms with Gasteiger partial charge in [-0.05, 0) is 12.5 Å². The SMILES string of the molecule is Cc1ccc([C@@H](O)CC#N)cc1. The Labute approximate surface area is 72.1 Å². The summed E-state index contributed by atoms with van der Waals surface area (Å²) in [6.07, 6.45) is -0.487. The van der Waals surface area contributed by atoms with Gasteiger partial charge in [0.1, 0.15) is 0 Å². The molecule has 62 valence electrons. The highest BCUT2D eigenvalue weighted by Gasteiger charge is 2.04. The predicted molar refractivity (Wildman–Crippen MR) is 46.4 cm³/mol. The molecule has 0 aliphatic carbocycles. The smallest absolute Gasteiger partial charge is 0.0919 e. The molecule has 0 spiro atoms. The molecule has 0 unspecified atom stereocenters. The van der Waals surface area contributed by atoms with Gasteiger partial charge in [0.15, 0.2) is 0 Å². The maximum absolute atomic E-state index is 9.39. The third kappa shape index (κ3) is 2.08. The molecule has 0 aliphatic heterocycles. The zero-order valence-electron chi connectivity index (χ0n) is 6.99. The summed E-state index contributed by atoms with van der Waals surface area (Å²) in [5, 5.41) is 17.7. The van der Waals surface area contributed by atoms with E-state index in [4.69, 9.17) is 5.26 Å². The summed E-state index contributed by atoms with van der Waals surface area (Å²) >= 11 is 0. The highest BCUT2D eigenvalue weighted by molar-refractivity contribution is 5.23. The Morgan fingerprint density at radius 1 is 1.42 bits per heavy atom. The first-order valence-corrected chi connectivity index (χ1v) is 3.85. The second-order valence-electron chi connectivity index (χ2n) is 2.79. The first kappa shape index (κ1) is 8.76. The number of hydrogen-bond donors (Lipinski definition) is 1. The van der Waals surface area contributed by atoms with Crippen LogP contribution in [-0.4, -0.2) is 5.11 Å². The molecule has 1 rings (SSSR count). The van der Waals surface area contributed by atoms with Crippen molar-refractivity contribution in [2.45, 2.75) is 19.4 Å². The van der Waals surface area contributed by atoms with Crippen LogP contribution in [-0.2, 0) is 0 Å². The molecule has 0 bridgehead atoms. The van der Waals surface area contributed by atoms with Crippen LogP contribution in [0.1, 0.15) is 23.7 Å². The van der Waals surface area contributed by atoms with E-state index in [2.05, 4.69) is 0 Å². The second kappa shape index (κ2) is 3.89. The van der Waals surface area contributed by atoms with E-state index < -0.39 is 6.10 Å². The van der Waals surface area contributed by atoms with Gasteiger partial charge in [-0.15, -0.1) is 0 Å². The lowest BCUT2D eigenvalue weighted by Gasteiger charge is -2.05. The number of hydrogen-bond acceptors (Lipinski definition) is 2. The summed E-state index contributed by atoms with van der Waals surface area (Å²) in [6.45, 7) is 1.99. The lowest BCUT2D eigenvalue weighted by molar-refractivity contribution is 0.183. The zero-order valence-corrected chi connectivity index (χ0v) is 6.99. The quantitative estimate of drug-likeness (QED) is 0.720. The van der Waals surface area contributed by atoms with Crippen molar-refractivity contribution >= 4 is 0 Å². The van der Waals surface area contributed by atoms with E-state index in [0.29, 0.717) is 0 Å². The van der Waals surface area contributed by atoms with Gasteiger partial charge in [-0.2, -0.15) is 5.26 Å². The summed E-state index contributed by atoms with van der Waals surface area (Å²) in [6, 6.07) is 9.47. The van der Waals surface area contributed by atoms with Crippen LogP contribution in [0.15, 0.2) is 24.3 Å². The van der Waals surface area contributed by atoms with Gasteiger partial charge in [-0.25, -0.2) is 0 Å². The van der Waals surface area contributed by atoms with E-state index in [0.717, 1.165) is 11.1 Å². The number of aliphatic hydroxyl groups excluding tert-OH is 1. The maximum atomic E-state index is 9.39. The number of nitrogens with zero attached hydrogens (tertiary/aromatic N) is 1. The van der Waals surface area contributed by atoms with Crippen molar-refractivity contribution in [3.8, 4) is 6.07 Å². The summed E-state index contributed by atoms with van der Waals surface area (Å²) < 4.78 is 0. The maximum Gasteiger partial charge on any atom is 0.0919 e. The highest BCUT2D eigenvalue weighted by Crippen LogP contribution is 2.15. The number of aryl methyl sites for hydroxylation is 1. The number of benzene rings is 1.